The third-order valence-electron chi connectivity index (χ3n) is 4.29. The lowest BCUT2D eigenvalue weighted by atomic mass is 9.94. The van der Waals surface area contributed by atoms with E-state index < -0.39 is 0 Å². The molecule has 0 radical (unpaired) electrons. The number of halogens is 1. The van der Waals surface area contributed by atoms with Crippen LogP contribution < -0.4 is 10.6 Å². The minimum atomic E-state index is -0.235. The molecule has 5 heteroatoms. The summed E-state index contributed by atoms with van der Waals surface area (Å²) in [5.74, 6) is 1.28. The van der Waals surface area contributed by atoms with E-state index in [4.69, 9.17) is 5.73 Å². The van der Waals surface area contributed by atoms with Crippen LogP contribution in [0.4, 0.5) is 10.3 Å². The number of piperidine rings is 1. The van der Waals surface area contributed by atoms with Gasteiger partial charge in [-0.15, -0.1) is 0 Å². The molecule has 116 valence electrons. The number of nitrogens with zero attached hydrogens (tertiary/aromatic N) is 3. The summed E-state index contributed by atoms with van der Waals surface area (Å²) in [7, 11) is 0. The van der Waals surface area contributed by atoms with Crippen molar-refractivity contribution in [3.05, 3.63) is 42.5 Å². The maximum Gasteiger partial charge on any atom is 0.225 e. The molecule has 0 unspecified atom stereocenters. The molecular weight excluding hydrogens is 279 g/mol. The van der Waals surface area contributed by atoms with Crippen LogP contribution in [0.1, 0.15) is 19.3 Å². The molecule has 0 bridgehead atoms. The van der Waals surface area contributed by atoms with Gasteiger partial charge in [0, 0.05) is 31.0 Å². The lowest BCUT2D eigenvalue weighted by Gasteiger charge is -2.31. The standard InChI is InChI=1S/C17H21FN4/c18-16-3-1-14(2-4-16)15-11-20-17(21-12-15)22-9-6-13(5-8-19)7-10-22/h1-4,11-13H,5-10,19H2. The monoisotopic (exact) mass is 300 g/mol. The maximum absolute atomic E-state index is 13.0. The van der Waals surface area contributed by atoms with Crippen molar-refractivity contribution in [2.75, 3.05) is 24.5 Å². The Kier molecular flexibility index (Phi) is 4.63. The first kappa shape index (κ1) is 14.9. The van der Waals surface area contributed by atoms with Crippen LogP contribution in [0.25, 0.3) is 11.1 Å². The van der Waals surface area contributed by atoms with E-state index in [0.717, 1.165) is 61.9 Å². The minimum Gasteiger partial charge on any atom is -0.341 e. The third kappa shape index (κ3) is 3.42. The van der Waals surface area contributed by atoms with Gasteiger partial charge in [0.15, 0.2) is 0 Å². The number of benzene rings is 1. The number of rotatable bonds is 4. The molecule has 2 aromatic rings. The number of aromatic nitrogens is 2. The molecule has 0 amide bonds. The maximum atomic E-state index is 13.0. The zero-order valence-electron chi connectivity index (χ0n) is 12.6. The summed E-state index contributed by atoms with van der Waals surface area (Å²) >= 11 is 0. The Hall–Kier alpha value is -2.01. The number of nitrogens with two attached hydrogens (primary N) is 1. The highest BCUT2D eigenvalue weighted by Crippen LogP contribution is 2.24. The molecule has 1 saturated heterocycles. The summed E-state index contributed by atoms with van der Waals surface area (Å²) in [5.41, 5.74) is 7.45. The van der Waals surface area contributed by atoms with E-state index >= 15 is 0 Å². The first-order valence-corrected chi connectivity index (χ1v) is 7.79. The minimum absolute atomic E-state index is 0.235. The summed E-state index contributed by atoms with van der Waals surface area (Å²) < 4.78 is 13.0. The topological polar surface area (TPSA) is 55.0 Å². The molecule has 2 N–H and O–H groups in total. The fraction of sp³-hybridized carbons (Fsp3) is 0.412. The number of hydrogen-bond donors (Lipinski definition) is 1. The summed E-state index contributed by atoms with van der Waals surface area (Å²) in [6.07, 6.45) is 7.03. The molecule has 0 aliphatic carbocycles. The second kappa shape index (κ2) is 6.83. The Balaban J connectivity index is 1.66. The van der Waals surface area contributed by atoms with Gasteiger partial charge >= 0.3 is 0 Å². The van der Waals surface area contributed by atoms with Crippen LogP contribution in [-0.4, -0.2) is 29.6 Å². The molecule has 0 spiro atoms. The third-order valence-corrected chi connectivity index (χ3v) is 4.29. The molecule has 22 heavy (non-hydrogen) atoms. The molecule has 0 atom stereocenters. The normalized spacial score (nSPS) is 16.0. The Morgan fingerprint density at radius 2 is 1.68 bits per heavy atom. The molecule has 0 saturated carbocycles. The van der Waals surface area contributed by atoms with Gasteiger partial charge in [0.05, 0.1) is 0 Å². The van der Waals surface area contributed by atoms with Crippen LogP contribution in [0.3, 0.4) is 0 Å². The Morgan fingerprint density at radius 1 is 1.05 bits per heavy atom. The molecule has 1 aliphatic rings. The van der Waals surface area contributed by atoms with Crippen molar-refractivity contribution in [3.8, 4) is 11.1 Å². The quantitative estimate of drug-likeness (QED) is 0.943. The van der Waals surface area contributed by atoms with Gasteiger partial charge in [-0.25, -0.2) is 14.4 Å². The molecule has 1 aromatic carbocycles. The first-order valence-electron chi connectivity index (χ1n) is 7.79. The van der Waals surface area contributed by atoms with Crippen molar-refractivity contribution in [2.24, 2.45) is 11.7 Å². The van der Waals surface area contributed by atoms with Gasteiger partial charge in [0.25, 0.3) is 0 Å². The van der Waals surface area contributed by atoms with Crippen LogP contribution in [0, 0.1) is 11.7 Å². The molecule has 4 nitrogen and oxygen atoms in total. The molecule has 1 fully saturated rings. The Morgan fingerprint density at radius 3 is 2.27 bits per heavy atom. The van der Waals surface area contributed by atoms with E-state index in [9.17, 15) is 4.39 Å². The van der Waals surface area contributed by atoms with Crippen molar-refractivity contribution in [3.63, 3.8) is 0 Å². The zero-order chi connectivity index (χ0) is 15.4. The predicted molar refractivity (Wildman–Crippen MR) is 86.0 cm³/mol. The lowest BCUT2D eigenvalue weighted by molar-refractivity contribution is 0.383. The Labute approximate surface area is 130 Å². The summed E-state index contributed by atoms with van der Waals surface area (Å²) in [5, 5.41) is 0. The van der Waals surface area contributed by atoms with E-state index in [1.54, 1.807) is 12.1 Å². The van der Waals surface area contributed by atoms with Crippen LogP contribution in [0.2, 0.25) is 0 Å². The molecule has 3 rings (SSSR count). The fourth-order valence-electron chi connectivity index (χ4n) is 2.93. The average molecular weight is 300 g/mol. The summed E-state index contributed by atoms with van der Waals surface area (Å²) in [6.45, 7) is 2.74. The van der Waals surface area contributed by atoms with Crippen molar-refractivity contribution < 1.29 is 4.39 Å². The molecular formula is C17H21FN4. The van der Waals surface area contributed by atoms with E-state index in [1.165, 1.54) is 12.1 Å². The smallest absolute Gasteiger partial charge is 0.225 e. The summed E-state index contributed by atoms with van der Waals surface area (Å²) in [4.78, 5) is 11.2. The number of hydrogen-bond acceptors (Lipinski definition) is 4. The predicted octanol–water partition coefficient (Wildman–Crippen LogP) is 2.85. The van der Waals surface area contributed by atoms with E-state index in [0.29, 0.717) is 0 Å². The van der Waals surface area contributed by atoms with Crippen molar-refractivity contribution in [1.29, 1.82) is 0 Å². The highest BCUT2D eigenvalue weighted by atomic mass is 19.1. The van der Waals surface area contributed by atoms with Crippen LogP contribution in [0.15, 0.2) is 36.7 Å². The van der Waals surface area contributed by atoms with E-state index in [2.05, 4.69) is 14.9 Å². The van der Waals surface area contributed by atoms with E-state index in [1.807, 2.05) is 12.4 Å². The van der Waals surface area contributed by atoms with Gasteiger partial charge in [-0.3, -0.25) is 0 Å². The van der Waals surface area contributed by atoms with Gasteiger partial charge < -0.3 is 10.6 Å². The lowest BCUT2D eigenvalue weighted by Crippen LogP contribution is -2.35. The van der Waals surface area contributed by atoms with Crippen LogP contribution in [-0.2, 0) is 0 Å². The van der Waals surface area contributed by atoms with Crippen LogP contribution >= 0.6 is 0 Å². The largest absolute Gasteiger partial charge is 0.341 e. The van der Waals surface area contributed by atoms with Crippen molar-refractivity contribution >= 4 is 5.95 Å². The van der Waals surface area contributed by atoms with E-state index in [-0.39, 0.29) is 5.82 Å². The van der Waals surface area contributed by atoms with Gasteiger partial charge in [-0.1, -0.05) is 12.1 Å². The summed E-state index contributed by atoms with van der Waals surface area (Å²) in [6, 6.07) is 6.38. The second-order valence-electron chi connectivity index (χ2n) is 5.79. The van der Waals surface area contributed by atoms with Gasteiger partial charge in [0.2, 0.25) is 5.95 Å². The van der Waals surface area contributed by atoms with Crippen LogP contribution in [0.5, 0.6) is 0 Å². The first-order chi connectivity index (χ1) is 10.8. The number of anilines is 1. The average Bonchev–Trinajstić information content (AvgIpc) is 2.57. The van der Waals surface area contributed by atoms with Gasteiger partial charge in [-0.2, -0.15) is 0 Å². The van der Waals surface area contributed by atoms with Gasteiger partial charge in [0.1, 0.15) is 5.82 Å². The highest BCUT2D eigenvalue weighted by Gasteiger charge is 2.20. The highest BCUT2D eigenvalue weighted by molar-refractivity contribution is 5.61. The SMILES string of the molecule is NCCC1CCN(c2ncc(-c3ccc(F)cc3)cn2)CC1. The van der Waals surface area contributed by atoms with Crippen molar-refractivity contribution in [2.45, 2.75) is 19.3 Å². The van der Waals surface area contributed by atoms with Gasteiger partial charge in [-0.05, 0) is 49.4 Å². The fourth-order valence-corrected chi connectivity index (χ4v) is 2.93. The van der Waals surface area contributed by atoms with Crippen molar-refractivity contribution in [1.82, 2.24) is 9.97 Å². The zero-order valence-corrected chi connectivity index (χ0v) is 12.6. The molecule has 1 aromatic heterocycles. The molecule has 1 aliphatic heterocycles. The Bertz CT molecular complexity index is 589. The second-order valence-corrected chi connectivity index (χ2v) is 5.79. The molecule has 2 heterocycles.